The molecule has 1 N–H and O–H groups in total. The summed E-state index contributed by atoms with van der Waals surface area (Å²) in [5.74, 6) is -0.294. The third-order valence-corrected chi connectivity index (χ3v) is 4.86. The van der Waals surface area contributed by atoms with Crippen LogP contribution in [0.4, 0.5) is 4.39 Å². The van der Waals surface area contributed by atoms with Crippen molar-refractivity contribution in [2.24, 2.45) is 0 Å². The molecule has 0 aliphatic carbocycles. The van der Waals surface area contributed by atoms with E-state index in [9.17, 15) is 14.3 Å². The first kappa shape index (κ1) is 22.2. The van der Waals surface area contributed by atoms with Crippen LogP contribution in [0.1, 0.15) is 57.3 Å². The molecule has 0 amide bonds. The van der Waals surface area contributed by atoms with Crippen molar-refractivity contribution in [3.63, 3.8) is 0 Å². The first-order valence-corrected chi connectivity index (χ1v) is 9.83. The number of carbonyl (C=O) groups is 1. The molecule has 2 nitrogen and oxygen atoms in total. The van der Waals surface area contributed by atoms with E-state index in [1.165, 1.54) is 17.3 Å². The molecule has 0 heterocycles. The Morgan fingerprint density at radius 2 is 1.85 bits per heavy atom. The van der Waals surface area contributed by atoms with Gasteiger partial charge in [-0.05, 0) is 52.7 Å². The van der Waals surface area contributed by atoms with E-state index in [0.29, 0.717) is 17.7 Å². The van der Waals surface area contributed by atoms with Crippen LogP contribution in [-0.2, 0) is 0 Å². The lowest BCUT2D eigenvalue weighted by molar-refractivity contribution is 0.0693. The maximum atomic E-state index is 14.2. The second kappa shape index (κ2) is 11.7. The summed E-state index contributed by atoms with van der Waals surface area (Å²) < 4.78 is 14.2. The zero-order chi connectivity index (χ0) is 19.5. The van der Waals surface area contributed by atoms with E-state index in [1.807, 2.05) is 26.0 Å². The molecule has 26 heavy (non-hydrogen) atoms. The first-order valence-electron chi connectivity index (χ1n) is 8.85. The topological polar surface area (TPSA) is 37.3 Å². The summed E-state index contributed by atoms with van der Waals surface area (Å²) in [6.45, 7) is 8.03. The molecule has 0 radical (unpaired) electrons. The summed E-state index contributed by atoms with van der Waals surface area (Å²) in [7, 11) is 0. The zero-order valence-corrected chi connectivity index (χ0v) is 16.9. The number of hydrogen-bond acceptors (Lipinski definition) is 2. The highest BCUT2D eigenvalue weighted by atomic mass is 32.2. The lowest BCUT2D eigenvalue weighted by atomic mass is 10.1. The fourth-order valence-corrected chi connectivity index (χ4v) is 3.51. The molecular formula is C22H29FO2S. The summed E-state index contributed by atoms with van der Waals surface area (Å²) in [4.78, 5) is 11.9. The van der Waals surface area contributed by atoms with Gasteiger partial charge in [-0.3, -0.25) is 0 Å². The molecule has 142 valence electrons. The summed E-state index contributed by atoms with van der Waals surface area (Å²) in [6.07, 6.45) is 7.09. The van der Waals surface area contributed by atoms with Gasteiger partial charge in [-0.1, -0.05) is 47.1 Å². The maximum Gasteiger partial charge on any atom is 0.336 e. The van der Waals surface area contributed by atoms with Crippen LogP contribution < -0.4 is 0 Å². The molecule has 0 spiro atoms. The molecule has 0 aliphatic heterocycles. The van der Waals surface area contributed by atoms with Crippen LogP contribution in [0.15, 0.2) is 64.1 Å². The third kappa shape index (κ3) is 9.04. The van der Waals surface area contributed by atoms with Gasteiger partial charge in [-0.2, -0.15) is 0 Å². The molecule has 0 aromatic heterocycles. The van der Waals surface area contributed by atoms with E-state index in [0.717, 1.165) is 28.9 Å². The normalized spacial score (nSPS) is 13.4. The summed E-state index contributed by atoms with van der Waals surface area (Å²) in [6, 6.07) is 6.94. The Kier molecular flexibility index (Phi) is 10.0. The molecule has 1 unspecified atom stereocenters. The molecule has 0 bridgehead atoms. The number of thioether (sulfide) groups is 1. The van der Waals surface area contributed by atoms with E-state index < -0.39 is 12.1 Å². The number of alkyl halides is 1. The minimum atomic E-state index is -0.978. The smallest absolute Gasteiger partial charge is 0.336 e. The lowest BCUT2D eigenvalue weighted by Gasteiger charge is -2.07. The molecular weight excluding hydrogens is 347 g/mol. The minimum Gasteiger partial charge on any atom is -0.478 e. The van der Waals surface area contributed by atoms with Crippen molar-refractivity contribution in [3.8, 4) is 0 Å². The van der Waals surface area contributed by atoms with Crippen LogP contribution in [0, 0.1) is 0 Å². The first-order chi connectivity index (χ1) is 12.3. The number of hydrogen-bond donors (Lipinski definition) is 1. The Morgan fingerprint density at radius 3 is 2.50 bits per heavy atom. The highest BCUT2D eigenvalue weighted by Crippen LogP contribution is 2.24. The van der Waals surface area contributed by atoms with Gasteiger partial charge in [-0.25, -0.2) is 9.18 Å². The zero-order valence-electron chi connectivity index (χ0n) is 16.1. The highest BCUT2D eigenvalue weighted by Gasteiger charge is 2.09. The van der Waals surface area contributed by atoms with Gasteiger partial charge in [-0.15, -0.1) is 11.8 Å². The van der Waals surface area contributed by atoms with E-state index >= 15 is 0 Å². The Hall–Kier alpha value is -1.81. The SMILES string of the molecule is CC(C)=CCC/C(C)=C\C(F)C/C(C)=C\CSc1ccccc1C(=O)O. The predicted molar refractivity (Wildman–Crippen MR) is 110 cm³/mol. The van der Waals surface area contributed by atoms with Crippen LogP contribution in [-0.4, -0.2) is 23.0 Å². The van der Waals surface area contributed by atoms with Gasteiger partial charge in [0.05, 0.1) is 5.56 Å². The summed E-state index contributed by atoms with van der Waals surface area (Å²) in [5, 5.41) is 9.18. The van der Waals surface area contributed by atoms with Crippen molar-refractivity contribution in [1.82, 2.24) is 0 Å². The third-order valence-electron chi connectivity index (χ3n) is 3.86. The van der Waals surface area contributed by atoms with Gasteiger partial charge in [0.15, 0.2) is 0 Å². The fraction of sp³-hybridized carbons (Fsp3) is 0.409. The molecule has 4 heteroatoms. The average Bonchev–Trinajstić information content (AvgIpc) is 2.54. The van der Waals surface area contributed by atoms with Gasteiger partial charge in [0, 0.05) is 17.1 Å². The summed E-state index contributed by atoms with van der Waals surface area (Å²) in [5.41, 5.74) is 3.65. The van der Waals surface area contributed by atoms with Crippen LogP contribution in [0.2, 0.25) is 0 Å². The molecule has 0 aliphatic rings. The van der Waals surface area contributed by atoms with Gasteiger partial charge in [0.25, 0.3) is 0 Å². The number of benzene rings is 1. The maximum absolute atomic E-state index is 14.2. The van der Waals surface area contributed by atoms with Crippen molar-refractivity contribution < 1.29 is 14.3 Å². The summed E-state index contributed by atoms with van der Waals surface area (Å²) >= 11 is 1.46. The molecule has 0 saturated carbocycles. The van der Waals surface area contributed by atoms with Crippen molar-refractivity contribution in [2.75, 3.05) is 5.75 Å². The molecule has 1 rings (SSSR count). The monoisotopic (exact) mass is 376 g/mol. The van der Waals surface area contributed by atoms with E-state index in [1.54, 1.807) is 24.3 Å². The predicted octanol–water partition coefficient (Wildman–Crippen LogP) is 6.84. The van der Waals surface area contributed by atoms with Gasteiger partial charge in [0.1, 0.15) is 6.17 Å². The largest absolute Gasteiger partial charge is 0.478 e. The Morgan fingerprint density at radius 1 is 1.15 bits per heavy atom. The second-order valence-electron chi connectivity index (χ2n) is 6.72. The number of allylic oxidation sites excluding steroid dienone is 5. The highest BCUT2D eigenvalue weighted by molar-refractivity contribution is 7.99. The fourth-order valence-electron chi connectivity index (χ4n) is 2.47. The van der Waals surface area contributed by atoms with Gasteiger partial charge >= 0.3 is 5.97 Å². The number of carboxylic acid groups (broad SMARTS) is 1. The van der Waals surface area contributed by atoms with Gasteiger partial charge < -0.3 is 5.11 Å². The quantitative estimate of drug-likeness (QED) is 0.358. The minimum absolute atomic E-state index is 0.307. The van der Waals surface area contributed by atoms with Crippen molar-refractivity contribution in [3.05, 3.63) is 64.8 Å². The average molecular weight is 377 g/mol. The van der Waals surface area contributed by atoms with Crippen molar-refractivity contribution in [1.29, 1.82) is 0 Å². The van der Waals surface area contributed by atoms with E-state index in [-0.39, 0.29) is 0 Å². The van der Waals surface area contributed by atoms with E-state index in [4.69, 9.17) is 0 Å². The number of rotatable bonds is 10. The second-order valence-corrected chi connectivity index (χ2v) is 7.78. The number of halogens is 1. The Balaban J connectivity index is 2.50. The molecule has 0 fully saturated rings. The lowest BCUT2D eigenvalue weighted by Crippen LogP contribution is -1.99. The van der Waals surface area contributed by atoms with Crippen LogP contribution in [0.5, 0.6) is 0 Å². The molecule has 1 atom stereocenters. The van der Waals surface area contributed by atoms with Crippen LogP contribution in [0.3, 0.4) is 0 Å². The molecule has 1 aromatic rings. The van der Waals surface area contributed by atoms with Crippen LogP contribution >= 0.6 is 11.8 Å². The van der Waals surface area contributed by atoms with Crippen LogP contribution in [0.25, 0.3) is 0 Å². The Labute approximate surface area is 160 Å². The molecule has 1 aromatic carbocycles. The standard InChI is InChI=1S/C22H29FO2S/c1-16(2)8-7-9-17(3)14-19(23)15-18(4)12-13-26-21-11-6-5-10-20(21)22(24)25/h5-6,8,10-12,14,19H,7,9,13,15H2,1-4H3,(H,24,25)/b17-14-,18-12-. The van der Waals surface area contributed by atoms with Gasteiger partial charge in [0.2, 0.25) is 0 Å². The number of carboxylic acids is 1. The molecule has 0 saturated heterocycles. The Bertz CT molecular complexity index is 685. The van der Waals surface area contributed by atoms with Crippen molar-refractivity contribution in [2.45, 2.75) is 58.0 Å². The van der Waals surface area contributed by atoms with Crippen molar-refractivity contribution >= 4 is 17.7 Å². The number of aromatic carboxylic acids is 1. The van der Waals surface area contributed by atoms with E-state index in [2.05, 4.69) is 19.9 Å².